The zero-order chi connectivity index (χ0) is 14.0. The molecular weight excluding hydrogens is 238 g/mol. The van der Waals surface area contributed by atoms with E-state index in [2.05, 4.69) is 18.7 Å². The van der Waals surface area contributed by atoms with Gasteiger partial charge in [0.15, 0.2) is 0 Å². The Balaban J connectivity index is 2.28. The van der Waals surface area contributed by atoms with Crippen molar-refractivity contribution in [2.45, 2.75) is 46.1 Å². The first-order valence-corrected chi connectivity index (χ1v) is 7.09. The molecule has 0 atom stereocenters. The van der Waals surface area contributed by atoms with Gasteiger partial charge in [-0.1, -0.05) is 25.5 Å². The molecule has 0 heterocycles. The fraction of sp³-hybridized carbons (Fsp3) is 0.562. The molecule has 3 heteroatoms. The number of carboxylic acid groups (broad SMARTS) is 1. The second-order valence-corrected chi connectivity index (χ2v) is 5.93. The van der Waals surface area contributed by atoms with Crippen molar-refractivity contribution in [3.63, 3.8) is 0 Å². The lowest BCUT2D eigenvalue weighted by Crippen LogP contribution is -2.29. The highest BCUT2D eigenvalue weighted by atomic mass is 16.4. The van der Waals surface area contributed by atoms with Crippen molar-refractivity contribution in [1.29, 1.82) is 0 Å². The SMILES string of the molecule is Cc1ccc(N(CCC(C)C)C2CC2)c(C(=O)O)c1. The van der Waals surface area contributed by atoms with Gasteiger partial charge in [-0.3, -0.25) is 0 Å². The molecule has 1 saturated carbocycles. The van der Waals surface area contributed by atoms with E-state index in [0.29, 0.717) is 17.5 Å². The monoisotopic (exact) mass is 261 g/mol. The lowest BCUT2D eigenvalue weighted by atomic mass is 10.1. The van der Waals surface area contributed by atoms with Gasteiger partial charge < -0.3 is 10.0 Å². The molecule has 0 saturated heterocycles. The van der Waals surface area contributed by atoms with Crippen molar-refractivity contribution in [2.24, 2.45) is 5.92 Å². The normalized spacial score (nSPS) is 14.7. The Morgan fingerprint density at radius 1 is 1.42 bits per heavy atom. The van der Waals surface area contributed by atoms with Gasteiger partial charge in [-0.25, -0.2) is 4.79 Å². The van der Waals surface area contributed by atoms with Crippen molar-refractivity contribution in [1.82, 2.24) is 0 Å². The molecule has 1 fully saturated rings. The topological polar surface area (TPSA) is 40.5 Å². The molecule has 2 rings (SSSR count). The standard InChI is InChI=1S/C16H23NO2/c1-11(2)8-9-17(13-5-6-13)15-7-4-12(3)10-14(15)16(18)19/h4,7,10-11,13H,5-6,8-9H2,1-3H3,(H,18,19). The van der Waals surface area contributed by atoms with E-state index in [1.165, 1.54) is 12.8 Å². The highest BCUT2D eigenvalue weighted by Crippen LogP contribution is 2.34. The first kappa shape index (κ1) is 13.9. The second-order valence-electron chi connectivity index (χ2n) is 5.93. The Hall–Kier alpha value is -1.51. The first-order valence-electron chi connectivity index (χ1n) is 7.09. The summed E-state index contributed by atoms with van der Waals surface area (Å²) in [6.07, 6.45) is 3.47. The molecule has 104 valence electrons. The summed E-state index contributed by atoms with van der Waals surface area (Å²) in [6, 6.07) is 6.30. The van der Waals surface area contributed by atoms with Crippen LogP contribution in [0.1, 0.15) is 49.0 Å². The lowest BCUT2D eigenvalue weighted by molar-refractivity contribution is 0.0697. The quantitative estimate of drug-likeness (QED) is 0.848. The number of nitrogens with zero attached hydrogens (tertiary/aromatic N) is 1. The zero-order valence-electron chi connectivity index (χ0n) is 12.0. The maximum absolute atomic E-state index is 11.4. The predicted molar refractivity (Wildman–Crippen MR) is 78.0 cm³/mol. The van der Waals surface area contributed by atoms with Crippen LogP contribution in [0.15, 0.2) is 18.2 Å². The number of rotatable bonds is 6. The van der Waals surface area contributed by atoms with E-state index in [4.69, 9.17) is 0 Å². The van der Waals surface area contributed by atoms with Crippen LogP contribution >= 0.6 is 0 Å². The Morgan fingerprint density at radius 2 is 2.11 bits per heavy atom. The third kappa shape index (κ3) is 3.49. The molecule has 0 aromatic heterocycles. The summed E-state index contributed by atoms with van der Waals surface area (Å²) >= 11 is 0. The molecule has 0 bridgehead atoms. The van der Waals surface area contributed by atoms with Gasteiger partial charge >= 0.3 is 5.97 Å². The van der Waals surface area contributed by atoms with E-state index in [1.54, 1.807) is 6.07 Å². The molecule has 0 spiro atoms. The van der Waals surface area contributed by atoms with Gasteiger partial charge in [0.2, 0.25) is 0 Å². The molecule has 3 nitrogen and oxygen atoms in total. The van der Waals surface area contributed by atoms with Crippen LogP contribution < -0.4 is 4.90 Å². The summed E-state index contributed by atoms with van der Waals surface area (Å²) in [5, 5.41) is 9.39. The van der Waals surface area contributed by atoms with Crippen molar-refractivity contribution in [3.8, 4) is 0 Å². The Morgan fingerprint density at radius 3 is 2.63 bits per heavy atom. The third-order valence-corrected chi connectivity index (χ3v) is 3.63. The van der Waals surface area contributed by atoms with Gasteiger partial charge in [0.05, 0.1) is 11.3 Å². The molecule has 0 amide bonds. The van der Waals surface area contributed by atoms with Crippen LogP contribution in [0, 0.1) is 12.8 Å². The van der Waals surface area contributed by atoms with Gasteiger partial charge in [-0.15, -0.1) is 0 Å². The summed E-state index contributed by atoms with van der Waals surface area (Å²) in [5.74, 6) is -0.186. The zero-order valence-corrected chi connectivity index (χ0v) is 12.0. The molecule has 1 N–H and O–H groups in total. The van der Waals surface area contributed by atoms with Crippen LogP contribution in [0.25, 0.3) is 0 Å². The second kappa shape index (κ2) is 5.64. The smallest absolute Gasteiger partial charge is 0.337 e. The maximum atomic E-state index is 11.4. The average Bonchev–Trinajstić information content (AvgIpc) is 3.14. The number of aryl methyl sites for hydroxylation is 1. The number of benzene rings is 1. The van der Waals surface area contributed by atoms with Gasteiger partial charge in [0.1, 0.15) is 0 Å². The largest absolute Gasteiger partial charge is 0.478 e. The number of hydrogen-bond acceptors (Lipinski definition) is 2. The molecule has 1 aliphatic rings. The number of carboxylic acids is 1. The number of hydrogen-bond donors (Lipinski definition) is 1. The van der Waals surface area contributed by atoms with Crippen LogP contribution in [0.3, 0.4) is 0 Å². The highest BCUT2D eigenvalue weighted by molar-refractivity contribution is 5.94. The molecule has 0 unspecified atom stereocenters. The van der Waals surface area contributed by atoms with E-state index in [9.17, 15) is 9.90 Å². The average molecular weight is 261 g/mol. The van der Waals surface area contributed by atoms with Gasteiger partial charge in [0, 0.05) is 12.6 Å². The van der Waals surface area contributed by atoms with E-state index in [1.807, 2.05) is 19.1 Å². The molecular formula is C16H23NO2. The minimum atomic E-state index is -0.825. The van der Waals surface area contributed by atoms with E-state index >= 15 is 0 Å². The number of anilines is 1. The van der Waals surface area contributed by atoms with Crippen LogP contribution in [-0.2, 0) is 0 Å². The van der Waals surface area contributed by atoms with Crippen molar-refractivity contribution < 1.29 is 9.90 Å². The summed E-state index contributed by atoms with van der Waals surface area (Å²) in [5.41, 5.74) is 2.33. The van der Waals surface area contributed by atoms with Crippen LogP contribution in [0.4, 0.5) is 5.69 Å². The summed E-state index contributed by atoms with van der Waals surface area (Å²) in [6.45, 7) is 7.30. The Bertz CT molecular complexity index is 464. The summed E-state index contributed by atoms with van der Waals surface area (Å²) in [7, 11) is 0. The van der Waals surface area contributed by atoms with E-state index in [0.717, 1.165) is 24.2 Å². The molecule has 19 heavy (non-hydrogen) atoms. The number of aromatic carboxylic acids is 1. The highest BCUT2D eigenvalue weighted by Gasteiger charge is 2.31. The predicted octanol–water partition coefficient (Wildman–Crippen LogP) is 3.71. The third-order valence-electron chi connectivity index (χ3n) is 3.63. The summed E-state index contributed by atoms with van der Waals surface area (Å²) in [4.78, 5) is 13.7. The number of carbonyl (C=O) groups is 1. The maximum Gasteiger partial charge on any atom is 0.337 e. The Labute approximate surface area is 115 Å². The molecule has 1 aliphatic carbocycles. The van der Waals surface area contributed by atoms with E-state index < -0.39 is 5.97 Å². The van der Waals surface area contributed by atoms with Gasteiger partial charge in [0.25, 0.3) is 0 Å². The Kier molecular flexibility index (Phi) is 4.13. The van der Waals surface area contributed by atoms with Crippen LogP contribution in [0.5, 0.6) is 0 Å². The first-order chi connectivity index (χ1) is 8.99. The molecule has 1 aromatic rings. The van der Waals surface area contributed by atoms with E-state index in [-0.39, 0.29) is 0 Å². The molecule has 1 aromatic carbocycles. The van der Waals surface area contributed by atoms with Crippen molar-refractivity contribution in [2.75, 3.05) is 11.4 Å². The fourth-order valence-electron chi connectivity index (χ4n) is 2.35. The fourth-order valence-corrected chi connectivity index (χ4v) is 2.35. The van der Waals surface area contributed by atoms with Crippen molar-refractivity contribution in [3.05, 3.63) is 29.3 Å². The van der Waals surface area contributed by atoms with Crippen molar-refractivity contribution >= 4 is 11.7 Å². The molecule has 0 radical (unpaired) electrons. The van der Waals surface area contributed by atoms with Crippen LogP contribution in [0.2, 0.25) is 0 Å². The lowest BCUT2D eigenvalue weighted by Gasteiger charge is -2.27. The van der Waals surface area contributed by atoms with Crippen LogP contribution in [-0.4, -0.2) is 23.7 Å². The van der Waals surface area contributed by atoms with Gasteiger partial charge in [-0.2, -0.15) is 0 Å². The summed E-state index contributed by atoms with van der Waals surface area (Å²) < 4.78 is 0. The minimum Gasteiger partial charge on any atom is -0.478 e. The van der Waals surface area contributed by atoms with Gasteiger partial charge in [-0.05, 0) is 44.2 Å². The molecule has 0 aliphatic heterocycles. The minimum absolute atomic E-state index is 0.440.